The van der Waals surface area contributed by atoms with Gasteiger partial charge in [0.2, 0.25) is 5.91 Å². The molecule has 0 aromatic heterocycles. The number of hydrogen-bond donors (Lipinski definition) is 1. The highest BCUT2D eigenvalue weighted by molar-refractivity contribution is 7.99. The fourth-order valence-corrected chi connectivity index (χ4v) is 4.14. The van der Waals surface area contributed by atoms with Gasteiger partial charge in [0.1, 0.15) is 5.82 Å². The number of rotatable bonds is 8. The molecule has 1 aliphatic rings. The number of carbonyl (C=O) groups is 1. The molecule has 2 unspecified atom stereocenters. The second-order valence-corrected chi connectivity index (χ2v) is 8.23. The molecule has 0 radical (unpaired) electrons. The fraction of sp³-hybridized carbons (Fsp3) is 0.409. The molecular formula is C22H27FN2O2S. The Bertz CT molecular complexity index is 753. The summed E-state index contributed by atoms with van der Waals surface area (Å²) in [6, 6.07) is 16.7. The minimum absolute atomic E-state index is 0.00981. The van der Waals surface area contributed by atoms with Crippen molar-refractivity contribution in [3.05, 3.63) is 71.5 Å². The molecule has 4 nitrogen and oxygen atoms in total. The minimum atomic E-state index is -0.256. The van der Waals surface area contributed by atoms with Gasteiger partial charge in [-0.15, -0.1) is 11.8 Å². The molecule has 0 spiro atoms. The lowest BCUT2D eigenvalue weighted by atomic mass is 10.0. The number of carbonyl (C=O) groups excluding carboxylic acids is 1. The molecule has 0 saturated carbocycles. The van der Waals surface area contributed by atoms with E-state index in [1.54, 1.807) is 23.9 Å². The molecule has 3 rings (SSSR count). The first-order valence-corrected chi connectivity index (χ1v) is 10.7. The van der Waals surface area contributed by atoms with Crippen LogP contribution in [0.15, 0.2) is 54.6 Å². The van der Waals surface area contributed by atoms with Crippen molar-refractivity contribution >= 4 is 17.7 Å². The van der Waals surface area contributed by atoms with E-state index in [0.29, 0.717) is 19.8 Å². The van der Waals surface area contributed by atoms with Crippen LogP contribution >= 0.6 is 11.8 Å². The summed E-state index contributed by atoms with van der Waals surface area (Å²) in [4.78, 5) is 14.9. The highest BCUT2D eigenvalue weighted by Crippen LogP contribution is 2.23. The Morgan fingerprint density at radius 3 is 2.64 bits per heavy atom. The van der Waals surface area contributed by atoms with Crippen molar-refractivity contribution in [2.75, 3.05) is 32.8 Å². The molecule has 2 atom stereocenters. The number of morpholine rings is 1. The predicted molar refractivity (Wildman–Crippen MR) is 112 cm³/mol. The lowest BCUT2D eigenvalue weighted by Gasteiger charge is -2.35. The van der Waals surface area contributed by atoms with E-state index in [2.05, 4.69) is 22.3 Å². The normalized spacial score (nSPS) is 17.1. The molecule has 1 saturated heterocycles. The third-order valence-electron chi connectivity index (χ3n) is 4.90. The minimum Gasteiger partial charge on any atom is -0.379 e. The second-order valence-electron chi connectivity index (χ2n) is 6.90. The highest BCUT2D eigenvalue weighted by Gasteiger charge is 2.24. The van der Waals surface area contributed by atoms with Crippen molar-refractivity contribution in [1.82, 2.24) is 10.2 Å². The lowest BCUT2D eigenvalue weighted by Crippen LogP contribution is -2.44. The SMILES string of the molecule is CC(SCc1ccccc1)C(=O)NCC(c1cccc(F)c1)N1CCOCC1. The van der Waals surface area contributed by atoms with Crippen molar-refractivity contribution in [3.8, 4) is 0 Å². The summed E-state index contributed by atoms with van der Waals surface area (Å²) >= 11 is 1.62. The Labute approximate surface area is 170 Å². The van der Waals surface area contributed by atoms with Crippen molar-refractivity contribution in [2.45, 2.75) is 24.0 Å². The van der Waals surface area contributed by atoms with Crippen molar-refractivity contribution in [3.63, 3.8) is 0 Å². The summed E-state index contributed by atoms with van der Waals surface area (Å²) in [5.74, 6) is 0.552. The molecule has 2 aromatic carbocycles. The fourth-order valence-electron chi connectivity index (χ4n) is 3.27. The van der Waals surface area contributed by atoms with E-state index in [0.717, 1.165) is 24.4 Å². The van der Waals surface area contributed by atoms with E-state index >= 15 is 0 Å². The maximum Gasteiger partial charge on any atom is 0.232 e. The number of nitrogens with zero attached hydrogens (tertiary/aromatic N) is 1. The van der Waals surface area contributed by atoms with Crippen LogP contribution in [0, 0.1) is 5.82 Å². The van der Waals surface area contributed by atoms with Gasteiger partial charge in [0.15, 0.2) is 0 Å². The molecule has 1 heterocycles. The van der Waals surface area contributed by atoms with E-state index in [1.165, 1.54) is 11.6 Å². The number of ether oxygens (including phenoxy) is 1. The van der Waals surface area contributed by atoms with E-state index in [4.69, 9.17) is 4.74 Å². The molecule has 1 amide bonds. The van der Waals surface area contributed by atoms with Crippen LogP contribution in [0.3, 0.4) is 0 Å². The van der Waals surface area contributed by atoms with Crippen LogP contribution in [0.25, 0.3) is 0 Å². The average molecular weight is 403 g/mol. The summed E-state index contributed by atoms with van der Waals surface area (Å²) in [6.45, 7) is 5.24. The third kappa shape index (κ3) is 6.06. The van der Waals surface area contributed by atoms with E-state index in [1.807, 2.05) is 31.2 Å². The summed E-state index contributed by atoms with van der Waals surface area (Å²) in [7, 11) is 0. The number of nitrogens with one attached hydrogen (secondary N) is 1. The van der Waals surface area contributed by atoms with Gasteiger partial charge in [0.05, 0.1) is 24.5 Å². The molecule has 1 N–H and O–H groups in total. The van der Waals surface area contributed by atoms with Crippen LogP contribution in [0.2, 0.25) is 0 Å². The highest BCUT2D eigenvalue weighted by atomic mass is 32.2. The quantitative estimate of drug-likeness (QED) is 0.732. The molecule has 1 aliphatic heterocycles. The monoisotopic (exact) mass is 402 g/mol. The van der Waals surface area contributed by atoms with Crippen LogP contribution in [0.1, 0.15) is 24.1 Å². The summed E-state index contributed by atoms with van der Waals surface area (Å²) in [5.41, 5.74) is 2.09. The zero-order valence-corrected chi connectivity index (χ0v) is 17.0. The average Bonchev–Trinajstić information content (AvgIpc) is 2.73. The summed E-state index contributed by atoms with van der Waals surface area (Å²) in [5, 5.41) is 2.91. The van der Waals surface area contributed by atoms with Crippen molar-refractivity contribution in [2.24, 2.45) is 0 Å². The number of amides is 1. The van der Waals surface area contributed by atoms with Gasteiger partial charge in [-0.3, -0.25) is 9.69 Å². The largest absolute Gasteiger partial charge is 0.379 e. The summed E-state index contributed by atoms with van der Waals surface area (Å²) in [6.07, 6.45) is 0. The zero-order valence-electron chi connectivity index (χ0n) is 16.1. The maximum atomic E-state index is 13.7. The van der Waals surface area contributed by atoms with Gasteiger partial charge in [-0.2, -0.15) is 0 Å². The Balaban J connectivity index is 1.58. The van der Waals surface area contributed by atoms with E-state index in [9.17, 15) is 9.18 Å². The Morgan fingerprint density at radius 2 is 1.93 bits per heavy atom. The van der Waals surface area contributed by atoms with E-state index < -0.39 is 0 Å². The van der Waals surface area contributed by atoms with Gasteiger partial charge in [-0.05, 0) is 30.2 Å². The molecule has 6 heteroatoms. The van der Waals surface area contributed by atoms with Crippen molar-refractivity contribution in [1.29, 1.82) is 0 Å². The molecule has 28 heavy (non-hydrogen) atoms. The van der Waals surface area contributed by atoms with Gasteiger partial charge < -0.3 is 10.1 Å². The second kappa shape index (κ2) is 10.6. The molecule has 0 aliphatic carbocycles. The molecule has 150 valence electrons. The smallest absolute Gasteiger partial charge is 0.232 e. The molecule has 0 bridgehead atoms. The zero-order chi connectivity index (χ0) is 19.8. The number of halogens is 1. The summed E-state index contributed by atoms with van der Waals surface area (Å²) < 4.78 is 19.2. The van der Waals surface area contributed by atoms with Gasteiger partial charge in [0.25, 0.3) is 0 Å². The first-order valence-electron chi connectivity index (χ1n) is 9.64. The van der Waals surface area contributed by atoms with E-state index in [-0.39, 0.29) is 23.0 Å². The first-order chi connectivity index (χ1) is 13.6. The van der Waals surface area contributed by atoms with Crippen LogP contribution in [0.5, 0.6) is 0 Å². The number of benzene rings is 2. The van der Waals surface area contributed by atoms with Gasteiger partial charge >= 0.3 is 0 Å². The Morgan fingerprint density at radius 1 is 1.18 bits per heavy atom. The molecule has 2 aromatic rings. The van der Waals surface area contributed by atoms with Gasteiger partial charge in [-0.25, -0.2) is 4.39 Å². The lowest BCUT2D eigenvalue weighted by molar-refractivity contribution is -0.120. The van der Waals surface area contributed by atoms with Crippen LogP contribution in [0.4, 0.5) is 4.39 Å². The maximum absolute atomic E-state index is 13.7. The molecule has 1 fully saturated rings. The van der Waals surface area contributed by atoms with Crippen LogP contribution in [-0.4, -0.2) is 48.9 Å². The standard InChI is InChI=1S/C22H27FN2O2S/c1-17(28-16-18-6-3-2-4-7-18)22(26)24-15-21(25-10-12-27-13-11-25)19-8-5-9-20(23)14-19/h2-9,14,17,21H,10-13,15-16H2,1H3,(H,24,26). The van der Waals surface area contributed by atoms with Gasteiger partial charge in [-0.1, -0.05) is 42.5 Å². The van der Waals surface area contributed by atoms with Crippen molar-refractivity contribution < 1.29 is 13.9 Å². The van der Waals surface area contributed by atoms with Crippen LogP contribution in [-0.2, 0) is 15.3 Å². The third-order valence-corrected chi connectivity index (χ3v) is 6.12. The molecular weight excluding hydrogens is 375 g/mol. The van der Waals surface area contributed by atoms with Crippen LogP contribution < -0.4 is 5.32 Å². The number of thioether (sulfide) groups is 1. The first kappa shape index (κ1) is 20.8. The topological polar surface area (TPSA) is 41.6 Å². The Hall–Kier alpha value is -1.89. The Kier molecular flexibility index (Phi) is 7.89. The predicted octanol–water partition coefficient (Wildman–Crippen LogP) is 3.64. The number of hydrogen-bond acceptors (Lipinski definition) is 4. The van der Waals surface area contributed by atoms with Gasteiger partial charge in [0, 0.05) is 25.4 Å².